The van der Waals surface area contributed by atoms with E-state index in [1.165, 1.54) is 26.0 Å². The van der Waals surface area contributed by atoms with Crippen LogP contribution in [-0.4, -0.2) is 180 Å². The summed E-state index contributed by atoms with van der Waals surface area (Å²) in [6, 6.07) is 0. The summed E-state index contributed by atoms with van der Waals surface area (Å²) in [5.41, 5.74) is 1.86. The van der Waals surface area contributed by atoms with Gasteiger partial charge in [0.05, 0.1) is 19.8 Å². The van der Waals surface area contributed by atoms with Crippen LogP contribution >= 0.6 is 0 Å². The lowest BCUT2D eigenvalue weighted by Crippen LogP contribution is -2.61. The van der Waals surface area contributed by atoms with E-state index in [1.807, 2.05) is 6.92 Å². The molecule has 0 saturated carbocycles. The van der Waals surface area contributed by atoms with Gasteiger partial charge in [-0.2, -0.15) is 0 Å². The maximum absolute atomic E-state index is 12.7. The molecule has 3 aliphatic rings. The molecule has 3 saturated heterocycles. The number of allylic oxidation sites excluding steroid dienone is 12. The van der Waals surface area contributed by atoms with E-state index in [0.717, 1.165) is 11.1 Å². The third-order valence-corrected chi connectivity index (χ3v) is 9.12. The predicted octanol–water partition coefficient (Wildman–Crippen LogP) is -3.05. The molecule has 11 N–H and O–H groups in total. The van der Waals surface area contributed by atoms with Gasteiger partial charge < -0.3 is 84.6 Å². The second kappa shape index (κ2) is 22.6. The van der Waals surface area contributed by atoms with Gasteiger partial charge in [-0.25, -0.2) is 9.59 Å². The Morgan fingerprint density at radius 3 is 1.23 bits per heavy atom. The van der Waals surface area contributed by atoms with Crippen molar-refractivity contribution < 1.29 is 94.2 Å². The van der Waals surface area contributed by atoms with E-state index in [9.17, 15) is 65.8 Å². The van der Waals surface area contributed by atoms with E-state index in [2.05, 4.69) is 0 Å². The zero-order chi connectivity index (χ0) is 42.6. The van der Waals surface area contributed by atoms with Crippen molar-refractivity contribution in [2.24, 2.45) is 0 Å². The highest BCUT2D eigenvalue weighted by atomic mass is 16.7. The lowest BCUT2D eigenvalue weighted by Gasteiger charge is -2.42. The van der Waals surface area contributed by atoms with Crippen molar-refractivity contribution in [3.8, 4) is 0 Å². The molecule has 0 aromatic rings. The van der Waals surface area contributed by atoms with Gasteiger partial charge >= 0.3 is 11.9 Å². The molecule has 3 heterocycles. The molecule has 57 heavy (non-hydrogen) atoms. The lowest BCUT2D eigenvalue weighted by molar-refractivity contribution is -0.326. The number of carbonyl (C=O) groups excluding carboxylic acids is 2. The fourth-order valence-electron chi connectivity index (χ4n) is 5.46. The Hall–Kier alpha value is -3.48. The maximum atomic E-state index is 12.7. The molecule has 0 bridgehead atoms. The molecule has 0 aromatic heterocycles. The topological polar surface area (TPSA) is 312 Å². The molecule has 0 radical (unpaired) electrons. The van der Waals surface area contributed by atoms with Crippen LogP contribution in [0.1, 0.15) is 27.7 Å². The third-order valence-electron chi connectivity index (χ3n) is 9.12. The minimum absolute atomic E-state index is 0.0944. The van der Waals surface area contributed by atoms with Crippen LogP contribution in [0.15, 0.2) is 83.1 Å². The molecule has 3 rings (SSSR count). The van der Waals surface area contributed by atoms with Crippen molar-refractivity contribution in [2.75, 3.05) is 19.8 Å². The number of hydrogen-bond donors (Lipinski definition) is 11. The van der Waals surface area contributed by atoms with Gasteiger partial charge in [0.25, 0.3) is 0 Å². The number of aliphatic hydroxyl groups excluding tert-OH is 11. The SMILES string of the molecule is CC(/C=C/C=C(\C)C(=O)O[C@@H]1O[C@H](CO)[C@H](O)[C@H](O)[C@@H]1O)=C\C=C\C=C(C)\C=C\C=C(/C)C(=O)O[C@H]1O[C@@H](CO[C@@H]2O[C@H](CO)[C@@H](O)[C@H](O)[C@H]2O)[C@@H](O)[C@@H](O)[C@@H]1O. The van der Waals surface area contributed by atoms with Crippen LogP contribution in [0.4, 0.5) is 0 Å². The Kier molecular flexibility index (Phi) is 19.0. The van der Waals surface area contributed by atoms with Crippen molar-refractivity contribution in [3.05, 3.63) is 83.1 Å². The fraction of sp³-hybridized carbons (Fsp3) is 0.579. The van der Waals surface area contributed by atoms with Gasteiger partial charge in [0.15, 0.2) is 6.29 Å². The molecule has 320 valence electrons. The van der Waals surface area contributed by atoms with Gasteiger partial charge in [-0.1, -0.05) is 71.9 Å². The summed E-state index contributed by atoms with van der Waals surface area (Å²) in [6.07, 6.45) is -7.55. The first-order valence-electron chi connectivity index (χ1n) is 18.0. The summed E-state index contributed by atoms with van der Waals surface area (Å²) in [5.74, 6) is -1.75. The summed E-state index contributed by atoms with van der Waals surface area (Å²) in [6.45, 7) is 4.59. The van der Waals surface area contributed by atoms with Crippen LogP contribution in [0.2, 0.25) is 0 Å². The smallest absolute Gasteiger partial charge is 0.336 e. The normalized spacial score (nSPS) is 37.6. The molecule has 0 unspecified atom stereocenters. The Bertz CT molecular complexity index is 1550. The average Bonchev–Trinajstić information content (AvgIpc) is 3.18. The summed E-state index contributed by atoms with van der Waals surface area (Å²) in [4.78, 5) is 25.2. The van der Waals surface area contributed by atoms with Crippen molar-refractivity contribution in [1.29, 1.82) is 0 Å². The van der Waals surface area contributed by atoms with Gasteiger partial charge in [-0.3, -0.25) is 0 Å². The molecule has 0 aromatic carbocycles. The maximum Gasteiger partial charge on any atom is 0.336 e. The van der Waals surface area contributed by atoms with Crippen LogP contribution in [0.5, 0.6) is 0 Å². The van der Waals surface area contributed by atoms with Gasteiger partial charge in [0, 0.05) is 11.1 Å². The number of carbonyl (C=O) groups is 2. The van der Waals surface area contributed by atoms with Crippen LogP contribution in [0, 0.1) is 0 Å². The number of aliphatic hydroxyl groups is 11. The molecular formula is C38H54O19. The Morgan fingerprint density at radius 2 is 0.825 bits per heavy atom. The van der Waals surface area contributed by atoms with E-state index >= 15 is 0 Å². The van der Waals surface area contributed by atoms with E-state index in [-0.39, 0.29) is 11.1 Å². The Morgan fingerprint density at radius 1 is 0.474 bits per heavy atom. The molecule has 19 nitrogen and oxygen atoms in total. The first kappa shape index (κ1) is 47.9. The first-order chi connectivity index (χ1) is 26.9. The quantitative estimate of drug-likeness (QED) is 0.0445. The summed E-state index contributed by atoms with van der Waals surface area (Å²) >= 11 is 0. The molecule has 19 heteroatoms. The van der Waals surface area contributed by atoms with Gasteiger partial charge in [-0.05, 0) is 27.7 Å². The number of esters is 2. The Balaban J connectivity index is 1.48. The van der Waals surface area contributed by atoms with Crippen LogP contribution in [0.3, 0.4) is 0 Å². The predicted molar refractivity (Wildman–Crippen MR) is 195 cm³/mol. The second-order valence-electron chi connectivity index (χ2n) is 13.7. The highest BCUT2D eigenvalue weighted by molar-refractivity contribution is 5.88. The molecule has 0 aliphatic carbocycles. The van der Waals surface area contributed by atoms with Crippen molar-refractivity contribution in [2.45, 2.75) is 120 Å². The minimum Gasteiger partial charge on any atom is -0.429 e. The zero-order valence-corrected chi connectivity index (χ0v) is 31.7. The fourth-order valence-corrected chi connectivity index (χ4v) is 5.46. The average molecular weight is 815 g/mol. The minimum atomic E-state index is -1.83. The molecule has 0 spiro atoms. The molecule has 15 atom stereocenters. The van der Waals surface area contributed by atoms with Gasteiger partial charge in [-0.15, -0.1) is 0 Å². The van der Waals surface area contributed by atoms with Gasteiger partial charge in [0.2, 0.25) is 12.6 Å². The van der Waals surface area contributed by atoms with E-state index < -0.39 is 124 Å². The third kappa shape index (κ3) is 13.3. The van der Waals surface area contributed by atoms with Crippen LogP contribution in [-0.2, 0) is 38.0 Å². The largest absolute Gasteiger partial charge is 0.429 e. The highest BCUT2D eigenvalue weighted by Gasteiger charge is 2.48. The summed E-state index contributed by atoms with van der Waals surface area (Å²) in [5, 5.41) is 110. The van der Waals surface area contributed by atoms with E-state index in [0.29, 0.717) is 0 Å². The summed E-state index contributed by atoms with van der Waals surface area (Å²) in [7, 11) is 0. The Labute approximate surface area is 328 Å². The van der Waals surface area contributed by atoms with Gasteiger partial charge in [0.1, 0.15) is 73.2 Å². The zero-order valence-electron chi connectivity index (χ0n) is 31.7. The molecular weight excluding hydrogens is 760 g/mol. The van der Waals surface area contributed by atoms with Crippen molar-refractivity contribution >= 4 is 11.9 Å². The monoisotopic (exact) mass is 814 g/mol. The second-order valence-corrected chi connectivity index (χ2v) is 13.7. The van der Waals surface area contributed by atoms with E-state index in [1.54, 1.807) is 55.5 Å². The van der Waals surface area contributed by atoms with Crippen LogP contribution < -0.4 is 0 Å². The lowest BCUT2D eigenvalue weighted by atomic mass is 9.98. The number of hydrogen-bond acceptors (Lipinski definition) is 19. The molecule has 3 aliphatic heterocycles. The highest BCUT2D eigenvalue weighted by Crippen LogP contribution is 2.27. The molecule has 3 fully saturated rings. The number of ether oxygens (including phenoxy) is 6. The standard InChI is InChI=1S/C38H54O19/c1-18(11-7-13-20(3)34(50)56-37-32(48)29(45)26(42)23(16-40)54-37)9-5-6-10-19(2)12-8-14-21(4)35(51)57-38-33(49)30(46)27(43)24(55-38)17-52-36-31(47)28(44)25(41)22(15-39)53-36/h5-14,22-33,36-49H,15-17H2,1-4H3/b6-5+,11-7+,12-8+,18-9+,19-10+,20-13+,21-14+/t22-,23-,24+,25-,26+,27-,28+,29+,30-,31-,32+,33+,36-,37+,38-/m1/s1. The van der Waals surface area contributed by atoms with Crippen molar-refractivity contribution in [3.63, 3.8) is 0 Å². The van der Waals surface area contributed by atoms with Crippen LogP contribution in [0.25, 0.3) is 0 Å². The number of rotatable bonds is 15. The van der Waals surface area contributed by atoms with E-state index in [4.69, 9.17) is 28.4 Å². The molecule has 0 amide bonds. The first-order valence-corrected chi connectivity index (χ1v) is 18.0. The summed E-state index contributed by atoms with van der Waals surface area (Å²) < 4.78 is 31.6. The van der Waals surface area contributed by atoms with Crippen molar-refractivity contribution in [1.82, 2.24) is 0 Å².